The number of aromatic nitrogens is 2. The molecule has 0 amide bonds. The van der Waals surface area contributed by atoms with E-state index in [0.717, 1.165) is 33.8 Å². The fourth-order valence-electron chi connectivity index (χ4n) is 4.39. The molecule has 0 spiro atoms. The van der Waals surface area contributed by atoms with Gasteiger partial charge in [0.2, 0.25) is 10.0 Å². The number of rotatable bonds is 6. The molecule has 1 N–H and O–H groups in total. The van der Waals surface area contributed by atoms with Crippen molar-refractivity contribution < 1.29 is 8.42 Å². The Balaban J connectivity index is 1.35. The standard InChI is InChI=1S/C27H29N5O2S/c1-20-12-14-23(15-13-20)35(33,34)32-18-16-31(17-19-32)21(2)26-29-25-11-7-6-10-24(25)27(30-26)28-22-8-4-3-5-9-22/h3-15,21H,16-19H2,1-2H3,(H,28,29,30)/t21-/m0/s1. The lowest BCUT2D eigenvalue weighted by Gasteiger charge is -2.36. The average molecular weight is 488 g/mol. The van der Waals surface area contributed by atoms with Crippen molar-refractivity contribution in [1.82, 2.24) is 19.2 Å². The van der Waals surface area contributed by atoms with Gasteiger partial charge in [-0.3, -0.25) is 4.90 Å². The van der Waals surface area contributed by atoms with E-state index in [9.17, 15) is 8.42 Å². The molecule has 1 aliphatic heterocycles. The van der Waals surface area contributed by atoms with Gasteiger partial charge in [0.25, 0.3) is 0 Å². The summed E-state index contributed by atoms with van der Waals surface area (Å²) >= 11 is 0. The minimum atomic E-state index is -3.50. The fraction of sp³-hybridized carbons (Fsp3) is 0.259. The van der Waals surface area contributed by atoms with Crippen molar-refractivity contribution in [2.75, 3.05) is 31.5 Å². The second-order valence-corrected chi connectivity index (χ2v) is 10.8. The van der Waals surface area contributed by atoms with Crippen molar-refractivity contribution in [2.45, 2.75) is 24.8 Å². The van der Waals surface area contributed by atoms with Gasteiger partial charge in [0.1, 0.15) is 11.6 Å². The zero-order valence-corrected chi connectivity index (χ0v) is 20.7. The third-order valence-corrected chi connectivity index (χ3v) is 8.42. The van der Waals surface area contributed by atoms with Crippen LogP contribution in [0.1, 0.15) is 24.4 Å². The molecule has 0 radical (unpaired) electrons. The highest BCUT2D eigenvalue weighted by Crippen LogP contribution is 2.28. The summed E-state index contributed by atoms with van der Waals surface area (Å²) < 4.78 is 27.7. The highest BCUT2D eigenvalue weighted by atomic mass is 32.2. The zero-order chi connectivity index (χ0) is 24.4. The molecule has 180 valence electrons. The number of piperazine rings is 1. The van der Waals surface area contributed by atoms with Crippen LogP contribution in [0.15, 0.2) is 83.8 Å². The zero-order valence-electron chi connectivity index (χ0n) is 19.9. The van der Waals surface area contributed by atoms with Gasteiger partial charge in [-0.15, -0.1) is 0 Å². The molecule has 2 heterocycles. The summed E-state index contributed by atoms with van der Waals surface area (Å²) in [5, 5.41) is 4.40. The van der Waals surface area contributed by atoms with E-state index in [1.165, 1.54) is 0 Å². The van der Waals surface area contributed by atoms with Crippen LogP contribution < -0.4 is 5.32 Å². The maximum Gasteiger partial charge on any atom is 0.243 e. The lowest BCUT2D eigenvalue weighted by molar-refractivity contribution is 0.141. The maximum absolute atomic E-state index is 13.1. The first-order valence-corrected chi connectivity index (χ1v) is 13.3. The van der Waals surface area contributed by atoms with Crippen molar-refractivity contribution in [3.8, 4) is 0 Å². The summed E-state index contributed by atoms with van der Waals surface area (Å²) in [6.07, 6.45) is 0. The smallest absolute Gasteiger partial charge is 0.243 e. The van der Waals surface area contributed by atoms with Crippen LogP contribution in [0.25, 0.3) is 10.9 Å². The van der Waals surface area contributed by atoms with Gasteiger partial charge >= 0.3 is 0 Å². The third-order valence-electron chi connectivity index (χ3n) is 6.51. The highest BCUT2D eigenvalue weighted by Gasteiger charge is 2.31. The van der Waals surface area contributed by atoms with Crippen molar-refractivity contribution in [3.63, 3.8) is 0 Å². The van der Waals surface area contributed by atoms with E-state index in [2.05, 4.69) is 17.1 Å². The molecule has 7 nitrogen and oxygen atoms in total. The monoisotopic (exact) mass is 487 g/mol. The number of anilines is 2. The van der Waals surface area contributed by atoms with E-state index in [0.29, 0.717) is 31.1 Å². The van der Waals surface area contributed by atoms with E-state index in [4.69, 9.17) is 9.97 Å². The average Bonchev–Trinajstić information content (AvgIpc) is 2.89. The van der Waals surface area contributed by atoms with Crippen LogP contribution in [0, 0.1) is 6.92 Å². The number of sulfonamides is 1. The minimum Gasteiger partial charge on any atom is -0.340 e. The highest BCUT2D eigenvalue weighted by molar-refractivity contribution is 7.89. The van der Waals surface area contributed by atoms with E-state index in [1.807, 2.05) is 73.7 Å². The summed E-state index contributed by atoms with van der Waals surface area (Å²) in [5.74, 6) is 1.49. The molecule has 35 heavy (non-hydrogen) atoms. The van der Waals surface area contributed by atoms with Crippen molar-refractivity contribution >= 4 is 32.4 Å². The number of nitrogens with zero attached hydrogens (tertiary/aromatic N) is 4. The number of para-hydroxylation sites is 2. The van der Waals surface area contributed by atoms with Gasteiger partial charge < -0.3 is 5.32 Å². The Morgan fingerprint density at radius 2 is 1.49 bits per heavy atom. The normalized spacial score (nSPS) is 16.3. The summed E-state index contributed by atoms with van der Waals surface area (Å²) in [5.41, 5.74) is 2.88. The lowest BCUT2D eigenvalue weighted by atomic mass is 10.2. The Hall–Kier alpha value is -3.33. The van der Waals surface area contributed by atoms with Gasteiger partial charge in [-0.2, -0.15) is 4.31 Å². The SMILES string of the molecule is Cc1ccc(S(=O)(=O)N2CCN([C@@H](C)c3nc(Nc4ccccc4)c4ccccc4n3)CC2)cc1. The van der Waals surface area contributed by atoms with Gasteiger partial charge in [0.05, 0.1) is 16.5 Å². The van der Waals surface area contributed by atoms with Crippen LogP contribution >= 0.6 is 0 Å². The molecule has 8 heteroatoms. The van der Waals surface area contributed by atoms with Crippen LogP contribution in [0.3, 0.4) is 0 Å². The fourth-order valence-corrected chi connectivity index (χ4v) is 5.81. The molecule has 1 fully saturated rings. The maximum atomic E-state index is 13.1. The molecule has 0 bridgehead atoms. The Bertz CT molecular complexity index is 1420. The van der Waals surface area contributed by atoms with E-state index in [1.54, 1.807) is 16.4 Å². The predicted octanol–water partition coefficient (Wildman–Crippen LogP) is 4.75. The quantitative estimate of drug-likeness (QED) is 0.423. The molecule has 1 aliphatic rings. The van der Waals surface area contributed by atoms with E-state index >= 15 is 0 Å². The molecule has 5 rings (SSSR count). The second kappa shape index (κ2) is 9.73. The van der Waals surface area contributed by atoms with Crippen LogP contribution in [-0.4, -0.2) is 53.8 Å². The Labute approximate surface area is 206 Å². The van der Waals surface area contributed by atoms with Crippen LogP contribution in [0.2, 0.25) is 0 Å². The number of aryl methyl sites for hydroxylation is 1. The first-order valence-electron chi connectivity index (χ1n) is 11.8. The number of benzene rings is 3. The summed E-state index contributed by atoms with van der Waals surface area (Å²) in [6.45, 7) is 6.13. The van der Waals surface area contributed by atoms with E-state index < -0.39 is 10.0 Å². The van der Waals surface area contributed by atoms with Gasteiger partial charge in [-0.25, -0.2) is 18.4 Å². The van der Waals surface area contributed by atoms with Crippen LogP contribution in [0.4, 0.5) is 11.5 Å². The summed E-state index contributed by atoms with van der Waals surface area (Å²) in [4.78, 5) is 12.3. The molecule has 0 saturated carbocycles. The van der Waals surface area contributed by atoms with Gasteiger partial charge in [0.15, 0.2) is 0 Å². The molecular formula is C27H29N5O2S. The Kier molecular flexibility index (Phi) is 6.51. The predicted molar refractivity (Wildman–Crippen MR) is 139 cm³/mol. The number of nitrogens with one attached hydrogen (secondary N) is 1. The molecule has 3 aromatic carbocycles. The van der Waals surface area contributed by atoms with E-state index in [-0.39, 0.29) is 6.04 Å². The molecular weight excluding hydrogens is 458 g/mol. The second-order valence-electron chi connectivity index (χ2n) is 8.87. The van der Waals surface area contributed by atoms with Crippen molar-refractivity contribution in [3.05, 3.63) is 90.3 Å². The molecule has 1 atom stereocenters. The number of hydrogen-bond donors (Lipinski definition) is 1. The lowest BCUT2D eigenvalue weighted by Crippen LogP contribution is -2.49. The largest absolute Gasteiger partial charge is 0.340 e. The first-order chi connectivity index (χ1) is 16.9. The van der Waals surface area contributed by atoms with Crippen molar-refractivity contribution in [2.24, 2.45) is 0 Å². The topological polar surface area (TPSA) is 78.4 Å². The van der Waals surface area contributed by atoms with Crippen LogP contribution in [0.5, 0.6) is 0 Å². The summed E-state index contributed by atoms with van der Waals surface area (Å²) in [6, 6.07) is 24.9. The van der Waals surface area contributed by atoms with Gasteiger partial charge in [-0.05, 0) is 50.2 Å². The molecule has 1 saturated heterocycles. The Morgan fingerprint density at radius 1 is 0.829 bits per heavy atom. The van der Waals surface area contributed by atoms with Crippen molar-refractivity contribution in [1.29, 1.82) is 0 Å². The minimum absolute atomic E-state index is 0.0554. The molecule has 4 aromatic rings. The van der Waals surface area contributed by atoms with Gasteiger partial charge in [-0.1, -0.05) is 48.0 Å². The Morgan fingerprint density at radius 3 is 2.20 bits per heavy atom. The first kappa shape index (κ1) is 23.4. The summed E-state index contributed by atoms with van der Waals surface area (Å²) in [7, 11) is -3.50. The van der Waals surface area contributed by atoms with Crippen LogP contribution in [-0.2, 0) is 10.0 Å². The van der Waals surface area contributed by atoms with Gasteiger partial charge in [0, 0.05) is 37.3 Å². The molecule has 1 aromatic heterocycles. The molecule has 0 aliphatic carbocycles. The molecule has 0 unspecified atom stereocenters. The number of fused-ring (bicyclic) bond motifs is 1. The third kappa shape index (κ3) is 4.91. The number of hydrogen-bond acceptors (Lipinski definition) is 6.